The molecule has 1 saturated heterocycles. The van der Waals surface area contributed by atoms with Crippen molar-refractivity contribution in [3.63, 3.8) is 0 Å². The van der Waals surface area contributed by atoms with Crippen LogP contribution in [0.1, 0.15) is 40.0 Å². The number of hydrogen-bond donors (Lipinski definition) is 1. The zero-order valence-corrected chi connectivity index (χ0v) is 13.1. The van der Waals surface area contributed by atoms with Gasteiger partial charge in [0.2, 0.25) is 0 Å². The fraction of sp³-hybridized carbons (Fsp3) is 0.611. The molecule has 1 fully saturated rings. The molecule has 2 aliphatic carbocycles. The van der Waals surface area contributed by atoms with Gasteiger partial charge in [0, 0.05) is 5.92 Å². The Balaban J connectivity index is 2.21. The van der Waals surface area contributed by atoms with E-state index in [-0.39, 0.29) is 35.9 Å². The Morgan fingerprint density at radius 3 is 2.86 bits per heavy atom. The average Bonchev–Trinajstić information content (AvgIpc) is 2.87. The van der Waals surface area contributed by atoms with E-state index < -0.39 is 0 Å². The third kappa shape index (κ3) is 1.73. The number of carbonyl (C=O) groups is 1. The SMILES string of the molecule is C=C1C=C(CO)[C@@]2(CC)C1=C(C)CC[C@H]1[C@H](C)C(=O)O[C@@H]12. The molecular formula is C18H24O3. The minimum Gasteiger partial charge on any atom is -0.461 e. The first-order valence-electron chi connectivity index (χ1n) is 7.89. The van der Waals surface area contributed by atoms with Crippen LogP contribution >= 0.6 is 0 Å². The molecule has 0 spiro atoms. The van der Waals surface area contributed by atoms with Crippen molar-refractivity contribution in [2.45, 2.75) is 46.1 Å². The number of allylic oxidation sites excluding steroid dienone is 3. The Kier molecular flexibility index (Phi) is 3.36. The molecule has 21 heavy (non-hydrogen) atoms. The Morgan fingerprint density at radius 1 is 1.52 bits per heavy atom. The molecule has 0 aromatic heterocycles. The van der Waals surface area contributed by atoms with Gasteiger partial charge in [0.25, 0.3) is 0 Å². The largest absolute Gasteiger partial charge is 0.461 e. The third-order valence-corrected chi connectivity index (χ3v) is 5.83. The third-order valence-electron chi connectivity index (χ3n) is 5.83. The van der Waals surface area contributed by atoms with Gasteiger partial charge in [0.1, 0.15) is 6.10 Å². The zero-order chi connectivity index (χ0) is 15.4. The minimum absolute atomic E-state index is 0.00120. The van der Waals surface area contributed by atoms with Crippen molar-refractivity contribution in [3.8, 4) is 0 Å². The first-order valence-corrected chi connectivity index (χ1v) is 7.89. The van der Waals surface area contributed by atoms with Gasteiger partial charge in [-0.15, -0.1) is 0 Å². The van der Waals surface area contributed by atoms with Crippen molar-refractivity contribution >= 4 is 5.97 Å². The second kappa shape index (κ2) is 4.84. The summed E-state index contributed by atoms with van der Waals surface area (Å²) in [5.74, 6) is 0.0802. The summed E-state index contributed by atoms with van der Waals surface area (Å²) in [6.07, 6.45) is 4.62. The quantitative estimate of drug-likeness (QED) is 0.794. The van der Waals surface area contributed by atoms with E-state index in [1.165, 1.54) is 11.1 Å². The molecule has 0 amide bonds. The van der Waals surface area contributed by atoms with Crippen LogP contribution in [0.25, 0.3) is 0 Å². The summed E-state index contributed by atoms with van der Waals surface area (Å²) in [7, 11) is 0. The molecule has 1 N–H and O–H groups in total. The Morgan fingerprint density at radius 2 is 2.24 bits per heavy atom. The maximum absolute atomic E-state index is 12.1. The Bertz CT molecular complexity index is 569. The van der Waals surface area contributed by atoms with Gasteiger partial charge < -0.3 is 9.84 Å². The van der Waals surface area contributed by atoms with Crippen LogP contribution in [-0.4, -0.2) is 23.8 Å². The molecule has 3 rings (SSSR count). The standard InChI is InChI=1S/C18H24O3/c1-5-18-13(9-19)8-11(3)15(18)10(2)6-7-14-12(4)17(20)21-16(14)18/h8,12,14,16,19H,3,5-7,9H2,1-2,4H3/t12-,14-,16-,18-/m0/s1. The molecule has 3 nitrogen and oxygen atoms in total. The van der Waals surface area contributed by atoms with Gasteiger partial charge in [-0.1, -0.05) is 32.1 Å². The van der Waals surface area contributed by atoms with E-state index >= 15 is 0 Å². The molecular weight excluding hydrogens is 264 g/mol. The predicted octanol–water partition coefficient (Wildman–Crippen LogP) is 3.16. The van der Waals surface area contributed by atoms with Crippen LogP contribution in [0, 0.1) is 17.3 Å². The van der Waals surface area contributed by atoms with Crippen LogP contribution in [0.15, 0.2) is 34.9 Å². The van der Waals surface area contributed by atoms with Crippen molar-refractivity contribution in [1.29, 1.82) is 0 Å². The fourth-order valence-corrected chi connectivity index (χ4v) is 4.76. The van der Waals surface area contributed by atoms with Crippen molar-refractivity contribution < 1.29 is 14.6 Å². The van der Waals surface area contributed by atoms with Crippen LogP contribution in [0.4, 0.5) is 0 Å². The van der Waals surface area contributed by atoms with Gasteiger partial charge in [0.05, 0.1) is 17.9 Å². The van der Waals surface area contributed by atoms with Crippen LogP contribution in [0.5, 0.6) is 0 Å². The van der Waals surface area contributed by atoms with E-state index in [9.17, 15) is 9.90 Å². The molecule has 1 heterocycles. The van der Waals surface area contributed by atoms with E-state index in [2.05, 4.69) is 20.4 Å². The molecule has 0 aromatic rings. The number of rotatable bonds is 2. The number of aliphatic hydroxyl groups excluding tert-OH is 1. The number of hydrogen-bond acceptors (Lipinski definition) is 3. The van der Waals surface area contributed by atoms with Gasteiger partial charge in [-0.3, -0.25) is 4.79 Å². The van der Waals surface area contributed by atoms with Crippen molar-refractivity contribution in [1.82, 2.24) is 0 Å². The summed E-state index contributed by atoms with van der Waals surface area (Å²) in [4.78, 5) is 12.1. The summed E-state index contributed by atoms with van der Waals surface area (Å²) in [6.45, 7) is 10.4. The molecule has 0 bridgehead atoms. The number of ether oxygens (including phenoxy) is 1. The highest BCUT2D eigenvalue weighted by Gasteiger charge is 2.58. The molecule has 0 aromatic carbocycles. The maximum atomic E-state index is 12.1. The van der Waals surface area contributed by atoms with Crippen molar-refractivity contribution in [2.24, 2.45) is 17.3 Å². The normalized spacial score (nSPS) is 38.9. The highest BCUT2D eigenvalue weighted by Crippen LogP contribution is 2.59. The van der Waals surface area contributed by atoms with Gasteiger partial charge in [-0.05, 0) is 42.9 Å². The number of aliphatic hydroxyl groups is 1. The smallest absolute Gasteiger partial charge is 0.309 e. The maximum Gasteiger partial charge on any atom is 0.309 e. The predicted molar refractivity (Wildman–Crippen MR) is 81.5 cm³/mol. The lowest BCUT2D eigenvalue weighted by Gasteiger charge is -2.39. The number of esters is 1. The average molecular weight is 288 g/mol. The van der Waals surface area contributed by atoms with Crippen LogP contribution in [-0.2, 0) is 9.53 Å². The highest BCUT2D eigenvalue weighted by atomic mass is 16.6. The van der Waals surface area contributed by atoms with Crippen molar-refractivity contribution in [3.05, 3.63) is 34.9 Å². The second-order valence-electron chi connectivity index (χ2n) is 6.68. The second-order valence-corrected chi connectivity index (χ2v) is 6.68. The Labute approximate surface area is 126 Å². The van der Waals surface area contributed by atoms with Gasteiger partial charge in [0.15, 0.2) is 0 Å². The summed E-state index contributed by atoms with van der Waals surface area (Å²) >= 11 is 0. The fourth-order valence-electron chi connectivity index (χ4n) is 4.76. The van der Waals surface area contributed by atoms with E-state index in [1.807, 2.05) is 13.0 Å². The molecule has 0 saturated carbocycles. The number of fused-ring (bicyclic) bond motifs is 3. The lowest BCUT2D eigenvalue weighted by Crippen LogP contribution is -2.41. The van der Waals surface area contributed by atoms with E-state index in [1.54, 1.807) is 0 Å². The monoisotopic (exact) mass is 288 g/mol. The molecule has 3 heteroatoms. The molecule has 114 valence electrons. The van der Waals surface area contributed by atoms with Crippen LogP contribution in [0.2, 0.25) is 0 Å². The van der Waals surface area contributed by atoms with Gasteiger partial charge in [-0.2, -0.15) is 0 Å². The minimum atomic E-state index is -0.364. The molecule has 3 aliphatic rings. The lowest BCUT2D eigenvalue weighted by atomic mass is 9.66. The zero-order valence-electron chi connectivity index (χ0n) is 13.1. The van der Waals surface area contributed by atoms with Gasteiger partial charge in [-0.25, -0.2) is 0 Å². The van der Waals surface area contributed by atoms with Crippen LogP contribution in [0.3, 0.4) is 0 Å². The summed E-state index contributed by atoms with van der Waals surface area (Å²) < 4.78 is 5.83. The Hall–Kier alpha value is -1.35. The molecule has 0 unspecified atom stereocenters. The molecule has 4 atom stereocenters. The highest BCUT2D eigenvalue weighted by molar-refractivity contribution is 5.76. The molecule has 1 aliphatic heterocycles. The number of carbonyl (C=O) groups excluding carboxylic acids is 1. The van der Waals surface area contributed by atoms with Crippen molar-refractivity contribution in [2.75, 3.05) is 6.61 Å². The summed E-state index contributed by atoms with van der Waals surface area (Å²) in [5.41, 5.74) is 4.12. The first-order chi connectivity index (χ1) is 9.97. The van der Waals surface area contributed by atoms with E-state index in [0.717, 1.165) is 30.4 Å². The summed E-state index contributed by atoms with van der Waals surface area (Å²) in [6, 6.07) is 0. The molecule has 0 radical (unpaired) electrons. The van der Waals surface area contributed by atoms with Crippen LogP contribution < -0.4 is 0 Å². The van der Waals surface area contributed by atoms with E-state index in [4.69, 9.17) is 4.74 Å². The summed E-state index contributed by atoms with van der Waals surface area (Å²) in [5, 5.41) is 9.88. The lowest BCUT2D eigenvalue weighted by molar-refractivity contribution is -0.146. The van der Waals surface area contributed by atoms with Gasteiger partial charge >= 0.3 is 5.97 Å². The first kappa shape index (κ1) is 14.6. The topological polar surface area (TPSA) is 46.5 Å². The van der Waals surface area contributed by atoms with E-state index in [0.29, 0.717) is 0 Å².